The van der Waals surface area contributed by atoms with Crippen LogP contribution in [0.4, 0.5) is 0 Å². The minimum absolute atomic E-state index is 0.380. The quantitative estimate of drug-likeness (QED) is 0.765. The van der Waals surface area contributed by atoms with Gasteiger partial charge in [-0.3, -0.25) is 4.79 Å². The second-order valence-corrected chi connectivity index (χ2v) is 7.10. The van der Waals surface area contributed by atoms with Crippen molar-refractivity contribution in [1.82, 2.24) is 10.2 Å². The first kappa shape index (κ1) is 11.3. The van der Waals surface area contributed by atoms with Crippen molar-refractivity contribution < 1.29 is 4.79 Å². The van der Waals surface area contributed by atoms with Gasteiger partial charge in [-0.1, -0.05) is 6.42 Å². The summed E-state index contributed by atoms with van der Waals surface area (Å²) >= 11 is 0. The van der Waals surface area contributed by atoms with Gasteiger partial charge in [0.15, 0.2) is 0 Å². The maximum absolute atomic E-state index is 12.9. The van der Waals surface area contributed by atoms with Crippen molar-refractivity contribution in [2.24, 2.45) is 23.7 Å². The van der Waals surface area contributed by atoms with E-state index in [0.717, 1.165) is 30.8 Å². The van der Waals surface area contributed by atoms with E-state index < -0.39 is 0 Å². The third-order valence-electron chi connectivity index (χ3n) is 6.09. The molecule has 0 aromatic carbocycles. The molecule has 4 rings (SSSR count). The van der Waals surface area contributed by atoms with Crippen LogP contribution in [0.2, 0.25) is 0 Å². The highest BCUT2D eigenvalue weighted by atomic mass is 16.2. The molecule has 1 amide bonds. The first-order valence-corrected chi connectivity index (χ1v) is 7.77. The molecule has 2 heterocycles. The molecule has 2 aliphatic heterocycles. The summed E-state index contributed by atoms with van der Waals surface area (Å²) in [6.07, 6.45) is 6.44. The third-order valence-corrected chi connectivity index (χ3v) is 6.09. The minimum Gasteiger partial charge on any atom is -0.335 e. The molecule has 4 fully saturated rings. The van der Waals surface area contributed by atoms with Crippen molar-refractivity contribution in [2.45, 2.75) is 51.1 Å². The van der Waals surface area contributed by atoms with Gasteiger partial charge in [-0.25, -0.2) is 0 Å². The summed E-state index contributed by atoms with van der Waals surface area (Å²) in [5.74, 6) is 3.21. The number of rotatable bonds is 1. The van der Waals surface area contributed by atoms with Crippen LogP contribution in [0, 0.1) is 23.7 Å². The summed E-state index contributed by atoms with van der Waals surface area (Å²) in [5.41, 5.74) is 0. The average Bonchev–Trinajstić information content (AvgIpc) is 3.05. The number of carbonyl (C=O) groups is 1. The van der Waals surface area contributed by atoms with E-state index in [4.69, 9.17) is 0 Å². The van der Waals surface area contributed by atoms with Gasteiger partial charge in [0.25, 0.3) is 0 Å². The van der Waals surface area contributed by atoms with Gasteiger partial charge in [0, 0.05) is 31.1 Å². The molecule has 2 aliphatic carbocycles. The third kappa shape index (κ3) is 1.49. The Hall–Kier alpha value is -0.570. The lowest BCUT2D eigenvalue weighted by Gasteiger charge is -2.33. The maximum atomic E-state index is 12.9. The number of likely N-dealkylation sites (tertiary alicyclic amines) is 1. The molecule has 2 bridgehead atoms. The fourth-order valence-corrected chi connectivity index (χ4v) is 5.28. The Bertz CT molecular complexity index is 370. The van der Waals surface area contributed by atoms with Gasteiger partial charge in [0.1, 0.15) is 0 Å². The highest BCUT2D eigenvalue weighted by Gasteiger charge is 2.50. The van der Waals surface area contributed by atoms with Gasteiger partial charge >= 0.3 is 0 Å². The van der Waals surface area contributed by atoms with E-state index in [1.54, 1.807) is 0 Å². The first-order chi connectivity index (χ1) is 8.74. The minimum atomic E-state index is 0.380. The summed E-state index contributed by atoms with van der Waals surface area (Å²) in [6, 6.07) is 0.986. The fraction of sp³-hybridized carbons (Fsp3) is 0.933. The Kier molecular flexibility index (Phi) is 2.48. The van der Waals surface area contributed by atoms with Crippen LogP contribution in [-0.4, -0.2) is 36.0 Å². The molecule has 3 nitrogen and oxygen atoms in total. The number of hydrogen-bond donors (Lipinski definition) is 1. The number of fused-ring (bicyclic) bond motifs is 3. The summed E-state index contributed by atoms with van der Waals surface area (Å²) in [7, 11) is 0. The maximum Gasteiger partial charge on any atom is 0.226 e. The number of amides is 1. The van der Waals surface area contributed by atoms with Gasteiger partial charge < -0.3 is 10.2 Å². The standard InChI is InChI=1S/C15H24N2O/c1-9-4-12-7-16-8-14(12)17(9)15(18)13-6-10-2-3-11(13)5-10/h9-14,16H,2-8H2,1H3. The van der Waals surface area contributed by atoms with E-state index in [1.165, 1.54) is 32.1 Å². The van der Waals surface area contributed by atoms with Crippen molar-refractivity contribution in [3.63, 3.8) is 0 Å². The van der Waals surface area contributed by atoms with E-state index >= 15 is 0 Å². The Balaban J connectivity index is 1.54. The lowest BCUT2D eigenvalue weighted by molar-refractivity contribution is -0.139. The Morgan fingerprint density at radius 2 is 2.00 bits per heavy atom. The highest BCUT2D eigenvalue weighted by Crippen LogP contribution is 2.50. The van der Waals surface area contributed by atoms with E-state index in [-0.39, 0.29) is 0 Å². The zero-order chi connectivity index (χ0) is 12.3. The van der Waals surface area contributed by atoms with Crippen LogP contribution in [0.25, 0.3) is 0 Å². The van der Waals surface area contributed by atoms with Crippen LogP contribution in [0.3, 0.4) is 0 Å². The fourth-order valence-electron chi connectivity index (χ4n) is 5.28. The van der Waals surface area contributed by atoms with Crippen molar-refractivity contribution in [3.8, 4) is 0 Å². The second-order valence-electron chi connectivity index (χ2n) is 7.10. The van der Waals surface area contributed by atoms with Gasteiger partial charge in [-0.15, -0.1) is 0 Å². The van der Waals surface area contributed by atoms with Gasteiger partial charge in [0.2, 0.25) is 5.91 Å². The molecule has 2 saturated carbocycles. The summed E-state index contributed by atoms with van der Waals surface area (Å²) in [6.45, 7) is 4.40. The van der Waals surface area contributed by atoms with E-state index in [0.29, 0.717) is 23.9 Å². The molecule has 3 heteroatoms. The molecule has 0 radical (unpaired) electrons. The van der Waals surface area contributed by atoms with E-state index in [9.17, 15) is 4.79 Å². The summed E-state index contributed by atoms with van der Waals surface area (Å²) in [5, 5.41) is 3.46. The zero-order valence-corrected chi connectivity index (χ0v) is 11.3. The predicted octanol–water partition coefficient (Wildman–Crippen LogP) is 1.63. The topological polar surface area (TPSA) is 32.3 Å². The van der Waals surface area contributed by atoms with Crippen LogP contribution < -0.4 is 5.32 Å². The van der Waals surface area contributed by atoms with Crippen molar-refractivity contribution in [1.29, 1.82) is 0 Å². The molecule has 0 aromatic heterocycles. The van der Waals surface area contributed by atoms with Gasteiger partial charge in [0.05, 0.1) is 0 Å². The largest absolute Gasteiger partial charge is 0.335 e. The van der Waals surface area contributed by atoms with Gasteiger partial charge in [-0.2, -0.15) is 0 Å². The highest BCUT2D eigenvalue weighted by molar-refractivity contribution is 5.80. The molecule has 1 N–H and O–H groups in total. The average molecular weight is 248 g/mol. The Morgan fingerprint density at radius 3 is 2.72 bits per heavy atom. The Morgan fingerprint density at radius 1 is 1.11 bits per heavy atom. The first-order valence-electron chi connectivity index (χ1n) is 7.77. The predicted molar refractivity (Wildman–Crippen MR) is 70.0 cm³/mol. The molecule has 100 valence electrons. The zero-order valence-electron chi connectivity index (χ0n) is 11.3. The summed E-state index contributed by atoms with van der Waals surface area (Å²) in [4.78, 5) is 15.2. The molecular weight excluding hydrogens is 224 g/mol. The normalized spacial score (nSPS) is 49.9. The number of hydrogen-bond acceptors (Lipinski definition) is 2. The monoisotopic (exact) mass is 248 g/mol. The van der Waals surface area contributed by atoms with Crippen LogP contribution in [0.1, 0.15) is 39.0 Å². The number of nitrogens with one attached hydrogen (secondary N) is 1. The van der Waals surface area contributed by atoms with Crippen molar-refractivity contribution >= 4 is 5.91 Å². The van der Waals surface area contributed by atoms with E-state index in [2.05, 4.69) is 17.1 Å². The van der Waals surface area contributed by atoms with Crippen molar-refractivity contribution in [3.05, 3.63) is 0 Å². The molecule has 6 atom stereocenters. The molecule has 0 spiro atoms. The van der Waals surface area contributed by atoms with E-state index in [1.807, 2.05) is 0 Å². The lowest BCUT2D eigenvalue weighted by atomic mass is 9.87. The molecular formula is C15H24N2O. The summed E-state index contributed by atoms with van der Waals surface area (Å²) < 4.78 is 0. The van der Waals surface area contributed by atoms with Crippen LogP contribution in [-0.2, 0) is 4.79 Å². The second kappa shape index (κ2) is 3.96. The smallest absolute Gasteiger partial charge is 0.226 e. The Labute approximate surface area is 109 Å². The lowest BCUT2D eigenvalue weighted by Crippen LogP contribution is -2.46. The van der Waals surface area contributed by atoms with Crippen LogP contribution >= 0.6 is 0 Å². The van der Waals surface area contributed by atoms with Crippen LogP contribution in [0.15, 0.2) is 0 Å². The molecule has 4 aliphatic rings. The van der Waals surface area contributed by atoms with Gasteiger partial charge in [-0.05, 0) is 50.4 Å². The number of carbonyl (C=O) groups excluding carboxylic acids is 1. The van der Waals surface area contributed by atoms with Crippen molar-refractivity contribution in [2.75, 3.05) is 13.1 Å². The number of nitrogens with zero attached hydrogens (tertiary/aromatic N) is 1. The molecule has 18 heavy (non-hydrogen) atoms. The molecule has 2 saturated heterocycles. The SMILES string of the molecule is CC1CC2CNCC2N1C(=O)C1CC2CCC1C2. The van der Waals surface area contributed by atoms with Crippen LogP contribution in [0.5, 0.6) is 0 Å². The molecule has 6 unspecified atom stereocenters. The molecule has 0 aromatic rings.